The lowest BCUT2D eigenvalue weighted by Gasteiger charge is -2.34. The van der Waals surface area contributed by atoms with Crippen molar-refractivity contribution in [3.8, 4) is 11.3 Å². The van der Waals surface area contributed by atoms with Crippen molar-refractivity contribution in [2.45, 2.75) is 20.4 Å². The minimum Gasteiger partial charge on any atom is -0.336 e. The Kier molecular flexibility index (Phi) is 5.63. The third-order valence-corrected chi connectivity index (χ3v) is 7.92. The number of hydrogen-bond donors (Lipinski definition) is 0. The molecule has 176 valence electrons. The average Bonchev–Trinajstić information content (AvgIpc) is 3.42. The van der Waals surface area contributed by atoms with Gasteiger partial charge in [0.15, 0.2) is 4.96 Å². The lowest BCUT2D eigenvalue weighted by molar-refractivity contribution is 0.0628. The van der Waals surface area contributed by atoms with Gasteiger partial charge in [0, 0.05) is 50.0 Å². The van der Waals surface area contributed by atoms with Gasteiger partial charge in [-0.25, -0.2) is 4.98 Å². The van der Waals surface area contributed by atoms with Gasteiger partial charge in [-0.1, -0.05) is 65.4 Å². The number of aryl methyl sites for hydroxylation is 2. The second kappa shape index (κ2) is 8.95. The van der Waals surface area contributed by atoms with Crippen molar-refractivity contribution in [1.29, 1.82) is 0 Å². The fourth-order valence-corrected chi connectivity index (χ4v) is 6.05. The molecule has 2 aromatic heterocycles. The summed E-state index contributed by atoms with van der Waals surface area (Å²) >= 11 is 1.64. The van der Waals surface area contributed by atoms with Crippen molar-refractivity contribution in [2.24, 2.45) is 0 Å². The minimum absolute atomic E-state index is 0.119. The summed E-state index contributed by atoms with van der Waals surface area (Å²) in [5, 5.41) is 0. The van der Waals surface area contributed by atoms with Crippen LogP contribution in [-0.2, 0) is 6.54 Å². The second-order valence-corrected chi connectivity index (χ2v) is 10.4. The Morgan fingerprint density at radius 2 is 1.74 bits per heavy atom. The lowest BCUT2D eigenvalue weighted by atomic mass is 10.0. The third kappa shape index (κ3) is 4.24. The molecule has 1 aliphatic rings. The third-order valence-electron chi connectivity index (χ3n) is 6.91. The van der Waals surface area contributed by atoms with Gasteiger partial charge in [0.1, 0.15) is 0 Å². The largest absolute Gasteiger partial charge is 0.336 e. The molecule has 6 rings (SSSR count). The maximum atomic E-state index is 13.3. The predicted octanol–water partition coefficient (Wildman–Crippen LogP) is 5.79. The number of nitrogens with zero attached hydrogens (tertiary/aromatic N) is 4. The van der Waals surface area contributed by atoms with Crippen LogP contribution >= 0.6 is 11.3 Å². The number of imidazole rings is 1. The molecule has 0 saturated carbocycles. The number of rotatable bonds is 4. The second-order valence-electron chi connectivity index (χ2n) is 9.44. The molecule has 1 fully saturated rings. The number of benzene rings is 3. The molecular weight excluding hydrogens is 452 g/mol. The number of aromatic nitrogens is 2. The fourth-order valence-electron chi connectivity index (χ4n) is 5.00. The van der Waals surface area contributed by atoms with Crippen LogP contribution in [0, 0.1) is 13.8 Å². The molecule has 0 aliphatic carbocycles. The Bertz CT molecular complexity index is 1530. The van der Waals surface area contributed by atoms with Gasteiger partial charge in [0.25, 0.3) is 5.91 Å². The van der Waals surface area contributed by atoms with Crippen LogP contribution in [0.4, 0.5) is 0 Å². The molecule has 0 unspecified atom stereocenters. The summed E-state index contributed by atoms with van der Waals surface area (Å²) in [5.74, 6) is 0.119. The van der Waals surface area contributed by atoms with Gasteiger partial charge in [-0.2, -0.15) is 0 Å². The van der Waals surface area contributed by atoms with E-state index in [9.17, 15) is 4.79 Å². The van der Waals surface area contributed by atoms with Gasteiger partial charge in [0.2, 0.25) is 0 Å². The summed E-state index contributed by atoms with van der Waals surface area (Å²) in [6.07, 6.45) is 2.11. The number of amides is 1. The van der Waals surface area contributed by atoms with E-state index in [2.05, 4.69) is 77.9 Å². The Hall–Kier alpha value is -3.48. The smallest absolute Gasteiger partial charge is 0.253 e. The summed E-state index contributed by atoms with van der Waals surface area (Å²) in [5.41, 5.74) is 7.82. The van der Waals surface area contributed by atoms with E-state index in [-0.39, 0.29) is 5.91 Å². The van der Waals surface area contributed by atoms with E-state index in [4.69, 9.17) is 4.98 Å². The van der Waals surface area contributed by atoms with E-state index >= 15 is 0 Å². The summed E-state index contributed by atoms with van der Waals surface area (Å²) in [4.78, 5) is 23.5. The molecule has 0 spiro atoms. The first-order chi connectivity index (χ1) is 17.0. The van der Waals surface area contributed by atoms with Crippen LogP contribution in [0.2, 0.25) is 0 Å². The first-order valence-corrected chi connectivity index (χ1v) is 12.9. The molecule has 35 heavy (non-hydrogen) atoms. The quantitative estimate of drug-likeness (QED) is 0.327. The first kappa shape index (κ1) is 22.0. The van der Waals surface area contributed by atoms with E-state index in [1.54, 1.807) is 11.3 Å². The highest BCUT2D eigenvalue weighted by molar-refractivity contribution is 7.23. The molecule has 0 bridgehead atoms. The molecule has 5 nitrogen and oxygen atoms in total. The number of piperazine rings is 1. The molecule has 0 atom stereocenters. The van der Waals surface area contributed by atoms with E-state index in [0.29, 0.717) is 0 Å². The Labute approximate surface area is 209 Å². The summed E-state index contributed by atoms with van der Waals surface area (Å²) in [6, 6.07) is 23.1. The van der Waals surface area contributed by atoms with Crippen LogP contribution in [0.25, 0.3) is 26.4 Å². The van der Waals surface area contributed by atoms with Gasteiger partial charge in [-0.3, -0.25) is 14.1 Å². The molecule has 1 amide bonds. The fraction of sp³-hybridized carbons (Fsp3) is 0.241. The van der Waals surface area contributed by atoms with Crippen LogP contribution in [-0.4, -0.2) is 51.3 Å². The maximum absolute atomic E-state index is 13.3. The number of fused-ring (bicyclic) bond motifs is 3. The van der Waals surface area contributed by atoms with Crippen molar-refractivity contribution < 1.29 is 4.79 Å². The molecule has 0 N–H and O–H groups in total. The van der Waals surface area contributed by atoms with Crippen molar-refractivity contribution in [3.63, 3.8) is 0 Å². The SMILES string of the molecule is Cc1ccc(-c2cn3c(n2)sc2cc(C(=O)N4CCN(Cc5ccccc5)CC4)ccc23)c(C)c1. The van der Waals surface area contributed by atoms with E-state index in [1.165, 1.54) is 16.7 Å². The number of hydrogen-bond acceptors (Lipinski definition) is 4. The summed E-state index contributed by atoms with van der Waals surface area (Å²) < 4.78 is 3.24. The number of carbonyl (C=O) groups is 1. The average molecular weight is 481 g/mol. The highest BCUT2D eigenvalue weighted by atomic mass is 32.1. The van der Waals surface area contributed by atoms with E-state index in [0.717, 1.165) is 64.7 Å². The maximum Gasteiger partial charge on any atom is 0.253 e. The highest BCUT2D eigenvalue weighted by Gasteiger charge is 2.23. The van der Waals surface area contributed by atoms with Gasteiger partial charge in [0.05, 0.1) is 15.9 Å². The van der Waals surface area contributed by atoms with Crippen molar-refractivity contribution in [3.05, 3.63) is 95.2 Å². The zero-order valence-corrected chi connectivity index (χ0v) is 20.9. The Morgan fingerprint density at radius 1 is 0.943 bits per heavy atom. The summed E-state index contributed by atoms with van der Waals surface area (Å²) in [7, 11) is 0. The van der Waals surface area contributed by atoms with Gasteiger partial charge in [-0.05, 0) is 43.2 Å². The lowest BCUT2D eigenvalue weighted by Crippen LogP contribution is -2.48. The molecule has 1 aliphatic heterocycles. The molecule has 3 heterocycles. The standard InChI is InChI=1S/C29H28N4OS/c1-20-8-10-24(21(2)16-20)25-19-33-26-11-9-23(17-27(26)35-29(33)30-25)28(34)32-14-12-31(13-15-32)18-22-6-4-3-5-7-22/h3-11,16-17,19H,12-15,18H2,1-2H3. The van der Waals surface area contributed by atoms with Crippen molar-refractivity contribution in [2.75, 3.05) is 26.2 Å². The van der Waals surface area contributed by atoms with Gasteiger partial charge in [-0.15, -0.1) is 0 Å². The van der Waals surface area contributed by atoms with Crippen molar-refractivity contribution >= 4 is 32.4 Å². The molecule has 6 heteroatoms. The Morgan fingerprint density at radius 3 is 2.51 bits per heavy atom. The molecule has 1 saturated heterocycles. The zero-order valence-electron chi connectivity index (χ0n) is 20.1. The van der Waals surface area contributed by atoms with E-state index in [1.807, 2.05) is 23.1 Å². The first-order valence-electron chi connectivity index (χ1n) is 12.1. The Balaban J connectivity index is 1.19. The summed E-state index contributed by atoms with van der Waals surface area (Å²) in [6.45, 7) is 8.50. The van der Waals surface area contributed by atoms with Crippen LogP contribution in [0.1, 0.15) is 27.0 Å². The molecular formula is C29H28N4OS. The zero-order chi connectivity index (χ0) is 23.9. The van der Waals surface area contributed by atoms with Crippen LogP contribution in [0.5, 0.6) is 0 Å². The van der Waals surface area contributed by atoms with Gasteiger partial charge < -0.3 is 4.90 Å². The molecule has 5 aromatic rings. The normalized spacial score (nSPS) is 14.7. The molecule has 0 radical (unpaired) electrons. The van der Waals surface area contributed by atoms with Crippen molar-refractivity contribution in [1.82, 2.24) is 19.2 Å². The van der Waals surface area contributed by atoms with Gasteiger partial charge >= 0.3 is 0 Å². The highest BCUT2D eigenvalue weighted by Crippen LogP contribution is 2.31. The number of carbonyl (C=O) groups excluding carboxylic acids is 1. The van der Waals surface area contributed by atoms with E-state index < -0.39 is 0 Å². The van der Waals surface area contributed by atoms with Crippen LogP contribution in [0.3, 0.4) is 0 Å². The minimum atomic E-state index is 0.119. The predicted molar refractivity (Wildman–Crippen MR) is 143 cm³/mol. The topological polar surface area (TPSA) is 40.9 Å². The number of thiazole rings is 1. The monoisotopic (exact) mass is 480 g/mol. The van der Waals surface area contributed by atoms with Crippen LogP contribution in [0.15, 0.2) is 72.9 Å². The van der Waals surface area contributed by atoms with Crippen LogP contribution < -0.4 is 0 Å². The molecule has 3 aromatic carbocycles.